The van der Waals surface area contributed by atoms with Crippen LogP contribution in [0.2, 0.25) is 0 Å². The zero-order valence-electron chi connectivity index (χ0n) is 32.0. The number of aliphatic hydroxyl groups is 1. The predicted molar refractivity (Wildman–Crippen MR) is 207 cm³/mol. The van der Waals surface area contributed by atoms with Crippen molar-refractivity contribution in [2.45, 2.75) is 91.3 Å². The van der Waals surface area contributed by atoms with E-state index in [4.69, 9.17) is 9.97 Å². The van der Waals surface area contributed by atoms with Crippen LogP contribution in [-0.2, 0) is 40.0 Å². The highest BCUT2D eigenvalue weighted by atomic mass is 16.3. The molecule has 2 amide bonds. The molecule has 0 spiro atoms. The molecule has 2 bridgehead atoms. The SMILES string of the molecule is Cc1c(NC(=O)c2nc3c(n2C)CCN(CCC24CCC(CC2)C4)C3)cccc1-c1cccc(NC(=O)c2nc3c(n2C)CCN(C[C@@H](C)O)C3)c1C. The summed E-state index contributed by atoms with van der Waals surface area (Å²) >= 11 is 0. The van der Waals surface area contributed by atoms with Crippen LogP contribution in [0.25, 0.3) is 11.1 Å². The number of amides is 2. The number of carbonyl (C=O) groups is 2. The lowest BCUT2D eigenvalue weighted by molar-refractivity contribution is 0.100. The lowest BCUT2D eigenvalue weighted by Gasteiger charge is -2.32. The Morgan fingerprint density at radius 3 is 1.83 bits per heavy atom. The van der Waals surface area contributed by atoms with E-state index in [1.54, 1.807) is 6.92 Å². The molecule has 11 nitrogen and oxygen atoms in total. The molecule has 2 fully saturated rings. The minimum Gasteiger partial charge on any atom is -0.392 e. The Morgan fingerprint density at radius 1 is 0.830 bits per heavy atom. The molecular formula is C42H54N8O3. The van der Waals surface area contributed by atoms with Crippen LogP contribution in [-0.4, -0.2) is 78.1 Å². The molecule has 4 aromatic rings. The first-order valence-corrected chi connectivity index (χ1v) is 19.5. The number of β-amino-alcohol motifs (C(OH)–C–C–N with tert-alkyl or cyclic N) is 1. The van der Waals surface area contributed by atoms with Gasteiger partial charge in [0.1, 0.15) is 0 Å². The van der Waals surface area contributed by atoms with Crippen molar-refractivity contribution in [3.63, 3.8) is 0 Å². The zero-order chi connectivity index (χ0) is 37.0. The molecule has 2 aliphatic heterocycles. The number of nitrogens with zero attached hydrogens (tertiary/aromatic N) is 6. The van der Waals surface area contributed by atoms with Crippen molar-refractivity contribution in [2.24, 2.45) is 25.4 Å². The molecule has 2 saturated carbocycles. The van der Waals surface area contributed by atoms with Gasteiger partial charge in [-0.2, -0.15) is 0 Å². The van der Waals surface area contributed by atoms with Gasteiger partial charge in [0.25, 0.3) is 11.8 Å². The van der Waals surface area contributed by atoms with Gasteiger partial charge in [0.15, 0.2) is 11.6 Å². The lowest BCUT2D eigenvalue weighted by Crippen LogP contribution is -2.36. The summed E-state index contributed by atoms with van der Waals surface area (Å²) in [6, 6.07) is 11.8. The number of hydrogen-bond acceptors (Lipinski definition) is 7. The van der Waals surface area contributed by atoms with Crippen LogP contribution in [0.4, 0.5) is 11.4 Å². The largest absolute Gasteiger partial charge is 0.392 e. The van der Waals surface area contributed by atoms with Crippen molar-refractivity contribution in [1.29, 1.82) is 0 Å². The summed E-state index contributed by atoms with van der Waals surface area (Å²) in [5, 5.41) is 16.1. The molecule has 1 atom stereocenters. The fourth-order valence-corrected chi connectivity index (χ4v) is 9.83. The predicted octanol–water partition coefficient (Wildman–Crippen LogP) is 6.01. The first kappa shape index (κ1) is 35.7. The van der Waals surface area contributed by atoms with Crippen molar-refractivity contribution in [2.75, 3.05) is 36.8 Å². The molecule has 0 unspecified atom stereocenters. The van der Waals surface area contributed by atoms with Crippen molar-refractivity contribution in [3.05, 3.63) is 81.9 Å². The molecule has 3 N–H and O–H groups in total. The van der Waals surface area contributed by atoms with Crippen molar-refractivity contribution in [3.8, 4) is 11.1 Å². The quantitative estimate of drug-likeness (QED) is 0.184. The van der Waals surface area contributed by atoms with Gasteiger partial charge in [-0.05, 0) is 112 Å². The van der Waals surface area contributed by atoms with Crippen molar-refractivity contribution >= 4 is 23.2 Å². The number of anilines is 2. The van der Waals surface area contributed by atoms with Crippen LogP contribution in [0.15, 0.2) is 36.4 Å². The van der Waals surface area contributed by atoms with Gasteiger partial charge in [0, 0.05) is 82.4 Å². The zero-order valence-corrected chi connectivity index (χ0v) is 32.0. The maximum absolute atomic E-state index is 13.8. The molecule has 0 saturated heterocycles. The second kappa shape index (κ2) is 14.2. The molecule has 4 heterocycles. The van der Waals surface area contributed by atoms with Gasteiger partial charge < -0.3 is 24.9 Å². The number of aliphatic hydroxyl groups excluding tert-OH is 1. The second-order valence-corrected chi connectivity index (χ2v) is 16.4. The van der Waals surface area contributed by atoms with Crippen molar-refractivity contribution < 1.29 is 14.7 Å². The Hall–Kier alpha value is -4.32. The van der Waals surface area contributed by atoms with Gasteiger partial charge in [-0.3, -0.25) is 19.4 Å². The summed E-state index contributed by atoms with van der Waals surface area (Å²) in [7, 11) is 3.86. The Labute approximate surface area is 312 Å². The molecule has 2 aliphatic carbocycles. The number of hydrogen-bond donors (Lipinski definition) is 3. The highest BCUT2D eigenvalue weighted by Crippen LogP contribution is 2.56. The second-order valence-electron chi connectivity index (χ2n) is 16.4. The van der Waals surface area contributed by atoms with E-state index in [9.17, 15) is 14.7 Å². The molecule has 280 valence electrons. The standard InChI is InChI=1S/C42H54N8O3/c1-26(51)23-50-20-15-37-35(25-50)44-39(48(37)5)41(53)46-33-11-7-9-31(28(33)3)30-8-6-10-32(27(30)2)45-40(52)38-43-34-24-49(19-14-36(34)47(38)4)21-18-42-16-12-29(22-42)13-17-42/h6-11,26,29,51H,12-25H2,1-5H3,(H,45,52)(H,46,53)/t26-,29?,42?/m1/s1. The molecule has 4 aliphatic rings. The Balaban J connectivity index is 0.953. The first-order chi connectivity index (χ1) is 25.5. The Bertz CT molecular complexity index is 2050. The van der Waals surface area contributed by atoms with Crippen LogP contribution in [0, 0.1) is 25.2 Å². The van der Waals surface area contributed by atoms with E-state index in [1.807, 2.05) is 67.4 Å². The highest BCUT2D eigenvalue weighted by molar-refractivity contribution is 6.04. The van der Waals surface area contributed by atoms with Crippen LogP contribution >= 0.6 is 0 Å². The number of benzene rings is 2. The summed E-state index contributed by atoms with van der Waals surface area (Å²) in [5.74, 6) is 1.33. The van der Waals surface area contributed by atoms with Gasteiger partial charge in [-0.1, -0.05) is 24.3 Å². The number of imidazole rings is 2. The summed E-state index contributed by atoms with van der Waals surface area (Å²) in [6.07, 6.45) is 9.67. The van der Waals surface area contributed by atoms with E-state index in [0.29, 0.717) is 35.8 Å². The number of carbonyl (C=O) groups excluding carboxylic acids is 2. The van der Waals surface area contributed by atoms with E-state index in [2.05, 4.69) is 26.5 Å². The van der Waals surface area contributed by atoms with Crippen LogP contribution in [0.5, 0.6) is 0 Å². The Morgan fingerprint density at radius 2 is 1.34 bits per heavy atom. The van der Waals surface area contributed by atoms with Crippen LogP contribution in [0.3, 0.4) is 0 Å². The molecule has 2 aromatic heterocycles. The summed E-state index contributed by atoms with van der Waals surface area (Å²) in [5.41, 5.74) is 9.99. The van der Waals surface area contributed by atoms with Crippen molar-refractivity contribution in [1.82, 2.24) is 28.9 Å². The molecule has 2 aromatic carbocycles. The maximum Gasteiger partial charge on any atom is 0.291 e. The van der Waals surface area contributed by atoms with E-state index in [0.717, 1.165) is 95.7 Å². The summed E-state index contributed by atoms with van der Waals surface area (Å²) in [6.45, 7) is 10.8. The monoisotopic (exact) mass is 718 g/mol. The number of rotatable bonds is 10. The third-order valence-corrected chi connectivity index (χ3v) is 12.9. The summed E-state index contributed by atoms with van der Waals surface area (Å²) < 4.78 is 3.88. The van der Waals surface area contributed by atoms with Gasteiger partial charge in [0.2, 0.25) is 0 Å². The molecular weight excluding hydrogens is 665 g/mol. The third-order valence-electron chi connectivity index (χ3n) is 12.9. The average molecular weight is 719 g/mol. The first-order valence-electron chi connectivity index (χ1n) is 19.5. The number of aromatic nitrogens is 4. The Kier molecular flexibility index (Phi) is 9.53. The summed E-state index contributed by atoms with van der Waals surface area (Å²) in [4.78, 5) is 41.7. The van der Waals surface area contributed by atoms with E-state index in [-0.39, 0.29) is 11.8 Å². The molecule has 53 heavy (non-hydrogen) atoms. The average Bonchev–Trinajstić information content (AvgIpc) is 3.91. The minimum atomic E-state index is -0.415. The van der Waals surface area contributed by atoms with Gasteiger partial charge in [0.05, 0.1) is 17.5 Å². The highest BCUT2D eigenvalue weighted by Gasteiger charge is 2.44. The smallest absolute Gasteiger partial charge is 0.291 e. The fourth-order valence-electron chi connectivity index (χ4n) is 9.83. The number of nitrogens with one attached hydrogen (secondary N) is 2. The normalized spacial score (nSPS) is 21.7. The third kappa shape index (κ3) is 6.83. The van der Waals surface area contributed by atoms with E-state index < -0.39 is 6.10 Å². The van der Waals surface area contributed by atoms with Gasteiger partial charge in [-0.15, -0.1) is 0 Å². The molecule has 8 rings (SSSR count). The van der Waals surface area contributed by atoms with E-state index >= 15 is 0 Å². The lowest BCUT2D eigenvalue weighted by atomic mass is 9.81. The van der Waals surface area contributed by atoms with Gasteiger partial charge in [-0.25, -0.2) is 9.97 Å². The fraction of sp³-hybridized carbons (Fsp3) is 0.524. The van der Waals surface area contributed by atoms with E-state index in [1.165, 1.54) is 38.5 Å². The topological polar surface area (TPSA) is 121 Å². The minimum absolute atomic E-state index is 0.208. The number of fused-ring (bicyclic) bond motifs is 4. The van der Waals surface area contributed by atoms with Crippen LogP contribution in [0.1, 0.15) is 101 Å². The molecule has 11 heteroatoms. The van der Waals surface area contributed by atoms with Crippen LogP contribution < -0.4 is 10.6 Å². The molecule has 0 radical (unpaired) electrons. The van der Waals surface area contributed by atoms with Gasteiger partial charge >= 0.3 is 0 Å². The maximum atomic E-state index is 13.8.